The Labute approximate surface area is 166 Å². The van der Waals surface area contributed by atoms with Crippen molar-refractivity contribution in [3.63, 3.8) is 0 Å². The zero-order valence-electron chi connectivity index (χ0n) is 16.3. The molecule has 9 heteroatoms. The van der Waals surface area contributed by atoms with Crippen molar-refractivity contribution in [3.8, 4) is 11.6 Å². The summed E-state index contributed by atoms with van der Waals surface area (Å²) in [6.45, 7) is 4.42. The predicted molar refractivity (Wildman–Crippen MR) is 107 cm³/mol. The molecule has 0 fully saturated rings. The van der Waals surface area contributed by atoms with Crippen LogP contribution in [0, 0.1) is 6.92 Å². The van der Waals surface area contributed by atoms with E-state index in [9.17, 15) is 0 Å². The second-order valence-electron chi connectivity index (χ2n) is 6.73. The predicted octanol–water partition coefficient (Wildman–Crippen LogP) is 2.92. The van der Waals surface area contributed by atoms with Crippen LogP contribution in [-0.2, 0) is 18.2 Å². The molecule has 1 unspecified atom stereocenters. The standard InChI is InChI=1S/C19H22N6O2S/c1-12-7-15(28-23-12)8-17-21-16-5-6-25(14-9-20-24(3)10-14)18(16)19(22-17)27-13(2)11-26-4/h5-7,9-10,13H,8,11H2,1-4H3. The van der Waals surface area contributed by atoms with Crippen LogP contribution < -0.4 is 4.74 Å². The van der Waals surface area contributed by atoms with Gasteiger partial charge in [-0.25, -0.2) is 4.98 Å². The number of ether oxygens (including phenoxy) is 2. The van der Waals surface area contributed by atoms with Crippen LogP contribution in [0.25, 0.3) is 16.7 Å². The molecule has 146 valence electrons. The normalized spacial score (nSPS) is 12.6. The molecule has 0 saturated carbocycles. The Bertz CT molecular complexity index is 1100. The summed E-state index contributed by atoms with van der Waals surface area (Å²) in [5.41, 5.74) is 3.58. The fourth-order valence-corrected chi connectivity index (χ4v) is 3.81. The van der Waals surface area contributed by atoms with Gasteiger partial charge in [0.05, 0.1) is 29.7 Å². The summed E-state index contributed by atoms with van der Waals surface area (Å²) in [4.78, 5) is 10.6. The minimum absolute atomic E-state index is 0.140. The maximum absolute atomic E-state index is 6.14. The average Bonchev–Trinajstić information content (AvgIpc) is 3.35. The molecule has 28 heavy (non-hydrogen) atoms. The molecule has 0 aliphatic rings. The van der Waals surface area contributed by atoms with Gasteiger partial charge in [0.2, 0.25) is 5.88 Å². The molecular formula is C19H22N6O2S. The second-order valence-corrected chi connectivity index (χ2v) is 7.62. The lowest BCUT2D eigenvalue weighted by molar-refractivity contribution is 0.0897. The molecule has 0 amide bonds. The Morgan fingerprint density at radius 1 is 1.29 bits per heavy atom. The first-order valence-electron chi connectivity index (χ1n) is 8.98. The van der Waals surface area contributed by atoms with E-state index < -0.39 is 0 Å². The van der Waals surface area contributed by atoms with Crippen molar-refractivity contribution >= 4 is 22.6 Å². The van der Waals surface area contributed by atoms with Crippen LogP contribution >= 0.6 is 11.5 Å². The Kier molecular flexibility index (Phi) is 5.10. The third kappa shape index (κ3) is 3.76. The van der Waals surface area contributed by atoms with Gasteiger partial charge in [-0.3, -0.25) is 4.68 Å². The van der Waals surface area contributed by atoms with Crippen LogP contribution in [0.3, 0.4) is 0 Å². The van der Waals surface area contributed by atoms with Crippen molar-refractivity contribution in [3.05, 3.63) is 47.1 Å². The van der Waals surface area contributed by atoms with Gasteiger partial charge >= 0.3 is 0 Å². The zero-order valence-corrected chi connectivity index (χ0v) is 17.1. The van der Waals surface area contributed by atoms with Gasteiger partial charge in [0, 0.05) is 37.8 Å². The first-order valence-corrected chi connectivity index (χ1v) is 9.75. The molecule has 4 aromatic heterocycles. The van der Waals surface area contributed by atoms with Gasteiger partial charge in [0.15, 0.2) is 0 Å². The monoisotopic (exact) mass is 398 g/mol. The number of methoxy groups -OCH3 is 1. The van der Waals surface area contributed by atoms with Gasteiger partial charge in [0.25, 0.3) is 0 Å². The molecule has 8 nitrogen and oxygen atoms in total. The third-order valence-electron chi connectivity index (χ3n) is 4.24. The van der Waals surface area contributed by atoms with E-state index in [-0.39, 0.29) is 6.10 Å². The Hall–Kier alpha value is -2.78. The Morgan fingerprint density at radius 2 is 2.14 bits per heavy atom. The molecule has 1 atom stereocenters. The SMILES string of the molecule is COCC(C)Oc1nc(Cc2cc(C)ns2)nc2ccn(-c3cnn(C)c3)c12. The highest BCUT2D eigenvalue weighted by Gasteiger charge is 2.18. The largest absolute Gasteiger partial charge is 0.471 e. The molecule has 0 aliphatic heterocycles. The van der Waals surface area contributed by atoms with Crippen LogP contribution in [0.15, 0.2) is 30.7 Å². The summed E-state index contributed by atoms with van der Waals surface area (Å²) in [5, 5.41) is 4.26. The van der Waals surface area contributed by atoms with Gasteiger partial charge in [0.1, 0.15) is 17.4 Å². The van der Waals surface area contributed by atoms with Crippen molar-refractivity contribution in [2.45, 2.75) is 26.4 Å². The lowest BCUT2D eigenvalue weighted by atomic mass is 10.3. The summed E-state index contributed by atoms with van der Waals surface area (Å²) in [6.07, 6.45) is 6.18. The molecule has 0 radical (unpaired) electrons. The van der Waals surface area contributed by atoms with Crippen molar-refractivity contribution in [2.24, 2.45) is 7.05 Å². The Balaban J connectivity index is 1.79. The number of hydrogen-bond acceptors (Lipinski definition) is 7. The molecule has 0 N–H and O–H groups in total. The molecular weight excluding hydrogens is 376 g/mol. The van der Waals surface area contributed by atoms with Crippen molar-refractivity contribution in [2.75, 3.05) is 13.7 Å². The zero-order chi connectivity index (χ0) is 19.7. The molecule has 4 rings (SSSR count). The van der Waals surface area contributed by atoms with Gasteiger partial charge < -0.3 is 14.0 Å². The van der Waals surface area contributed by atoms with Crippen LogP contribution in [0.5, 0.6) is 5.88 Å². The molecule has 4 heterocycles. The van der Waals surface area contributed by atoms with Gasteiger partial charge in [-0.2, -0.15) is 14.5 Å². The fraction of sp³-hybridized carbons (Fsp3) is 0.368. The number of fused-ring (bicyclic) bond motifs is 1. The number of aryl methyl sites for hydroxylation is 2. The first-order chi connectivity index (χ1) is 13.5. The number of hydrogen-bond donors (Lipinski definition) is 0. The second kappa shape index (κ2) is 7.69. The molecule has 0 aromatic carbocycles. The van der Waals surface area contributed by atoms with Gasteiger partial charge in [-0.15, -0.1) is 0 Å². The summed E-state index contributed by atoms with van der Waals surface area (Å²) < 4.78 is 19.5. The number of nitrogens with zero attached hydrogens (tertiary/aromatic N) is 6. The van der Waals surface area contributed by atoms with Crippen LogP contribution in [0.2, 0.25) is 0 Å². The van der Waals surface area contributed by atoms with E-state index in [1.54, 1.807) is 18.0 Å². The van der Waals surface area contributed by atoms with E-state index in [1.807, 2.05) is 43.9 Å². The summed E-state index contributed by atoms with van der Waals surface area (Å²) in [5.74, 6) is 1.25. The van der Waals surface area contributed by atoms with Crippen molar-refractivity contribution < 1.29 is 9.47 Å². The van der Waals surface area contributed by atoms with E-state index in [0.717, 1.165) is 27.3 Å². The number of rotatable bonds is 7. The summed E-state index contributed by atoms with van der Waals surface area (Å²) in [6, 6.07) is 4.03. The summed E-state index contributed by atoms with van der Waals surface area (Å²) in [7, 11) is 3.55. The van der Waals surface area contributed by atoms with Crippen LogP contribution in [0.1, 0.15) is 23.3 Å². The van der Waals surface area contributed by atoms with Crippen molar-refractivity contribution in [1.82, 2.24) is 28.7 Å². The topological polar surface area (TPSA) is 79.9 Å². The van der Waals surface area contributed by atoms with Gasteiger partial charge in [-0.05, 0) is 37.5 Å². The maximum atomic E-state index is 6.14. The van der Waals surface area contributed by atoms with E-state index in [1.165, 1.54) is 11.5 Å². The Morgan fingerprint density at radius 3 is 2.82 bits per heavy atom. The minimum Gasteiger partial charge on any atom is -0.471 e. The minimum atomic E-state index is -0.140. The van der Waals surface area contributed by atoms with E-state index >= 15 is 0 Å². The van der Waals surface area contributed by atoms with Crippen LogP contribution in [0.4, 0.5) is 0 Å². The third-order valence-corrected chi connectivity index (χ3v) is 5.12. The van der Waals surface area contributed by atoms with Crippen molar-refractivity contribution in [1.29, 1.82) is 0 Å². The highest BCUT2D eigenvalue weighted by molar-refractivity contribution is 7.05. The maximum Gasteiger partial charge on any atom is 0.242 e. The molecule has 0 spiro atoms. The van der Waals surface area contributed by atoms with Crippen LogP contribution in [-0.4, -0.2) is 48.5 Å². The molecule has 4 aromatic rings. The molecule has 0 aliphatic carbocycles. The lowest BCUT2D eigenvalue weighted by Gasteiger charge is -2.15. The lowest BCUT2D eigenvalue weighted by Crippen LogP contribution is -2.19. The highest BCUT2D eigenvalue weighted by atomic mass is 32.1. The highest BCUT2D eigenvalue weighted by Crippen LogP contribution is 2.28. The number of aromatic nitrogens is 6. The fourth-order valence-electron chi connectivity index (χ4n) is 3.08. The van der Waals surface area contributed by atoms with Gasteiger partial charge in [-0.1, -0.05) is 0 Å². The van der Waals surface area contributed by atoms with E-state index in [2.05, 4.69) is 15.5 Å². The molecule has 0 bridgehead atoms. The first kappa shape index (κ1) is 18.6. The smallest absolute Gasteiger partial charge is 0.242 e. The molecule has 0 saturated heterocycles. The van der Waals surface area contributed by atoms with E-state index in [0.29, 0.717) is 24.7 Å². The average molecular weight is 398 g/mol. The quantitative estimate of drug-likeness (QED) is 0.476. The summed E-state index contributed by atoms with van der Waals surface area (Å²) >= 11 is 1.48. The van der Waals surface area contributed by atoms with E-state index in [4.69, 9.17) is 19.4 Å².